The SMILES string of the molecule is CCC/C(C(=O)OCC)=C(O)\C=C1/NC(C)(C)N(Cc2ccccc2)C1=O. The van der Waals surface area contributed by atoms with Crippen LogP contribution in [0.1, 0.15) is 46.1 Å². The fraction of sp³-hybridized carbons (Fsp3) is 0.429. The minimum Gasteiger partial charge on any atom is -0.507 e. The number of carbonyl (C=O) groups is 2. The maximum Gasteiger partial charge on any atom is 0.337 e. The standard InChI is InChI=1S/C21H28N2O4/c1-5-10-16(20(26)27-6-2)18(24)13-17-19(25)23(21(3,4)22-17)14-15-11-8-7-9-12-15/h7-9,11-13,22,24H,5-6,10,14H2,1-4H3/b17-13-,18-16-. The zero-order valence-corrected chi connectivity index (χ0v) is 16.4. The number of benzene rings is 1. The largest absolute Gasteiger partial charge is 0.507 e. The molecule has 6 heteroatoms. The van der Waals surface area contributed by atoms with Gasteiger partial charge in [-0.25, -0.2) is 4.79 Å². The molecule has 1 aromatic rings. The summed E-state index contributed by atoms with van der Waals surface area (Å²) >= 11 is 0. The van der Waals surface area contributed by atoms with Gasteiger partial charge in [0.05, 0.1) is 12.2 Å². The molecule has 1 saturated heterocycles. The molecule has 0 saturated carbocycles. The average molecular weight is 372 g/mol. The predicted octanol–water partition coefficient (Wildman–Crippen LogP) is 3.41. The zero-order chi connectivity index (χ0) is 20.0. The molecule has 1 fully saturated rings. The van der Waals surface area contributed by atoms with E-state index in [1.165, 1.54) is 6.08 Å². The van der Waals surface area contributed by atoms with Crippen LogP contribution in [0.15, 0.2) is 53.4 Å². The van der Waals surface area contributed by atoms with Crippen molar-refractivity contribution in [2.75, 3.05) is 6.61 Å². The molecule has 27 heavy (non-hydrogen) atoms. The number of rotatable bonds is 7. The van der Waals surface area contributed by atoms with Crippen LogP contribution >= 0.6 is 0 Å². The van der Waals surface area contributed by atoms with Crippen molar-refractivity contribution in [2.45, 2.75) is 52.7 Å². The molecule has 0 spiro atoms. The molecule has 2 rings (SSSR count). The van der Waals surface area contributed by atoms with E-state index in [0.717, 1.165) is 5.56 Å². The topological polar surface area (TPSA) is 78.9 Å². The highest BCUT2D eigenvalue weighted by atomic mass is 16.5. The second-order valence-electron chi connectivity index (χ2n) is 6.95. The van der Waals surface area contributed by atoms with Crippen LogP contribution in [-0.2, 0) is 20.9 Å². The molecule has 0 aliphatic carbocycles. The number of aliphatic hydroxyl groups excluding tert-OH is 1. The van der Waals surface area contributed by atoms with Gasteiger partial charge in [-0.3, -0.25) is 4.79 Å². The van der Waals surface area contributed by atoms with E-state index < -0.39 is 11.6 Å². The second kappa shape index (κ2) is 8.75. The third-order valence-electron chi connectivity index (χ3n) is 4.39. The van der Waals surface area contributed by atoms with Gasteiger partial charge in [0.15, 0.2) is 0 Å². The van der Waals surface area contributed by atoms with Gasteiger partial charge < -0.3 is 20.1 Å². The number of ether oxygens (including phenoxy) is 1. The summed E-state index contributed by atoms with van der Waals surface area (Å²) in [7, 11) is 0. The summed E-state index contributed by atoms with van der Waals surface area (Å²) in [5.74, 6) is -1.02. The Morgan fingerprint density at radius 1 is 1.26 bits per heavy atom. The molecular formula is C21H28N2O4. The fourth-order valence-corrected chi connectivity index (χ4v) is 3.01. The number of nitrogens with zero attached hydrogens (tertiary/aromatic N) is 1. The predicted molar refractivity (Wildman–Crippen MR) is 103 cm³/mol. The van der Waals surface area contributed by atoms with E-state index in [1.54, 1.807) is 11.8 Å². The van der Waals surface area contributed by atoms with Gasteiger partial charge in [-0.05, 0) is 32.8 Å². The first-order valence-corrected chi connectivity index (χ1v) is 9.25. The van der Waals surface area contributed by atoms with Crippen LogP contribution in [-0.4, -0.2) is 34.2 Å². The molecule has 1 heterocycles. The monoisotopic (exact) mass is 372 g/mol. The van der Waals surface area contributed by atoms with Crippen molar-refractivity contribution in [2.24, 2.45) is 0 Å². The molecule has 2 N–H and O–H groups in total. The van der Waals surface area contributed by atoms with Gasteiger partial charge in [-0.15, -0.1) is 0 Å². The summed E-state index contributed by atoms with van der Waals surface area (Å²) < 4.78 is 5.01. The first kappa shape index (κ1) is 20.6. The third-order valence-corrected chi connectivity index (χ3v) is 4.39. The van der Waals surface area contributed by atoms with Crippen molar-refractivity contribution in [1.29, 1.82) is 0 Å². The Labute approximate surface area is 160 Å². The van der Waals surface area contributed by atoms with Crippen molar-refractivity contribution in [3.8, 4) is 0 Å². The number of carbonyl (C=O) groups excluding carboxylic acids is 2. The van der Waals surface area contributed by atoms with Crippen molar-refractivity contribution >= 4 is 11.9 Å². The highest BCUT2D eigenvalue weighted by Crippen LogP contribution is 2.27. The smallest absolute Gasteiger partial charge is 0.337 e. The lowest BCUT2D eigenvalue weighted by molar-refractivity contribution is -0.139. The van der Waals surface area contributed by atoms with Crippen LogP contribution in [0.4, 0.5) is 0 Å². The minimum absolute atomic E-state index is 0.181. The number of allylic oxidation sites excluding steroid dienone is 1. The second-order valence-corrected chi connectivity index (χ2v) is 6.95. The summed E-state index contributed by atoms with van der Waals surface area (Å²) in [4.78, 5) is 26.7. The minimum atomic E-state index is -0.617. The zero-order valence-electron chi connectivity index (χ0n) is 16.4. The van der Waals surface area contributed by atoms with Crippen LogP contribution < -0.4 is 5.32 Å². The number of hydrogen-bond donors (Lipinski definition) is 2. The van der Waals surface area contributed by atoms with E-state index >= 15 is 0 Å². The van der Waals surface area contributed by atoms with E-state index in [2.05, 4.69) is 5.32 Å². The normalized spacial score (nSPS) is 18.3. The molecule has 1 aliphatic heterocycles. The molecule has 1 aromatic carbocycles. The lowest BCUT2D eigenvalue weighted by Gasteiger charge is -2.30. The number of amides is 1. The van der Waals surface area contributed by atoms with Crippen LogP contribution in [0.2, 0.25) is 0 Å². The van der Waals surface area contributed by atoms with Crippen LogP contribution in [0.3, 0.4) is 0 Å². The summed E-state index contributed by atoms with van der Waals surface area (Å²) in [6, 6.07) is 9.71. The molecular weight excluding hydrogens is 344 g/mol. The van der Waals surface area contributed by atoms with E-state index in [0.29, 0.717) is 19.4 Å². The number of nitrogens with one attached hydrogen (secondary N) is 1. The lowest BCUT2D eigenvalue weighted by atomic mass is 10.1. The molecule has 0 radical (unpaired) electrons. The summed E-state index contributed by atoms with van der Waals surface area (Å²) in [6.07, 6.45) is 2.38. The number of aliphatic hydroxyl groups is 1. The van der Waals surface area contributed by atoms with Gasteiger partial charge in [-0.2, -0.15) is 0 Å². The Balaban J connectivity index is 2.30. The third kappa shape index (κ3) is 4.90. The Morgan fingerprint density at radius 3 is 2.52 bits per heavy atom. The van der Waals surface area contributed by atoms with Crippen molar-refractivity contribution < 1.29 is 19.4 Å². The first-order chi connectivity index (χ1) is 12.8. The number of esters is 1. The van der Waals surface area contributed by atoms with E-state index in [-0.39, 0.29) is 29.5 Å². The van der Waals surface area contributed by atoms with Crippen LogP contribution in [0.5, 0.6) is 0 Å². The van der Waals surface area contributed by atoms with Crippen molar-refractivity contribution in [3.63, 3.8) is 0 Å². The molecule has 1 amide bonds. The quantitative estimate of drug-likeness (QED) is 0.436. The van der Waals surface area contributed by atoms with Gasteiger partial charge >= 0.3 is 5.97 Å². The first-order valence-electron chi connectivity index (χ1n) is 9.25. The maximum absolute atomic E-state index is 12.9. The van der Waals surface area contributed by atoms with Crippen molar-refractivity contribution in [3.05, 3.63) is 59.0 Å². The fourth-order valence-electron chi connectivity index (χ4n) is 3.01. The van der Waals surface area contributed by atoms with Gasteiger partial charge in [-0.1, -0.05) is 43.7 Å². The summed E-state index contributed by atoms with van der Waals surface area (Å²) in [5.41, 5.74) is 0.834. The van der Waals surface area contributed by atoms with E-state index in [9.17, 15) is 14.7 Å². The van der Waals surface area contributed by atoms with Crippen molar-refractivity contribution in [1.82, 2.24) is 10.2 Å². The molecule has 146 valence electrons. The van der Waals surface area contributed by atoms with Gasteiger partial charge in [0, 0.05) is 12.6 Å². The summed E-state index contributed by atoms with van der Waals surface area (Å²) in [6.45, 7) is 8.08. The molecule has 6 nitrogen and oxygen atoms in total. The van der Waals surface area contributed by atoms with Crippen LogP contribution in [0, 0.1) is 0 Å². The highest BCUT2D eigenvalue weighted by molar-refractivity contribution is 5.97. The Kier molecular flexibility index (Phi) is 6.66. The summed E-state index contributed by atoms with van der Waals surface area (Å²) in [5, 5.41) is 13.6. The van der Waals surface area contributed by atoms with Gasteiger partial charge in [0.1, 0.15) is 17.1 Å². The van der Waals surface area contributed by atoms with Gasteiger partial charge in [0.2, 0.25) is 0 Å². The Hall–Kier alpha value is -2.76. The van der Waals surface area contributed by atoms with E-state index in [1.807, 2.05) is 51.1 Å². The molecule has 0 aromatic heterocycles. The molecule has 0 unspecified atom stereocenters. The highest BCUT2D eigenvalue weighted by Gasteiger charge is 2.40. The Morgan fingerprint density at radius 2 is 1.93 bits per heavy atom. The molecule has 0 atom stereocenters. The number of hydrogen-bond acceptors (Lipinski definition) is 5. The molecule has 0 bridgehead atoms. The average Bonchev–Trinajstić information content (AvgIpc) is 2.83. The van der Waals surface area contributed by atoms with Gasteiger partial charge in [0.25, 0.3) is 5.91 Å². The molecule has 1 aliphatic rings. The van der Waals surface area contributed by atoms with Crippen LogP contribution in [0.25, 0.3) is 0 Å². The lowest BCUT2D eigenvalue weighted by Crippen LogP contribution is -2.46. The van der Waals surface area contributed by atoms with E-state index in [4.69, 9.17) is 4.74 Å². The maximum atomic E-state index is 12.9. The Bertz CT molecular complexity index is 751.